The Kier molecular flexibility index (Phi) is 1.11. The predicted octanol–water partition coefficient (Wildman–Crippen LogP) is -0.695. The Morgan fingerprint density at radius 3 is 2.78 bits per heavy atom. The van der Waals surface area contributed by atoms with Gasteiger partial charge >= 0.3 is 0 Å². The van der Waals surface area contributed by atoms with E-state index in [2.05, 4.69) is 4.98 Å². The van der Waals surface area contributed by atoms with Gasteiger partial charge in [0.15, 0.2) is 5.75 Å². The molecule has 1 aromatic heterocycles. The van der Waals surface area contributed by atoms with Crippen molar-refractivity contribution in [3.8, 4) is 5.75 Å². The maximum Gasteiger partial charge on any atom is 0.255 e. The molecule has 0 spiro atoms. The van der Waals surface area contributed by atoms with E-state index in [0.717, 1.165) is 12.4 Å². The molecule has 48 valence electrons. The number of rotatable bonds is 0. The van der Waals surface area contributed by atoms with Crippen molar-refractivity contribution in [3.05, 3.63) is 18.0 Å². The number of aromatic hydroxyl groups is 1. The molecule has 0 aliphatic carbocycles. The Hall–Kier alpha value is -1.52. The normalized spacial score (nSPS) is 9.33. The predicted molar refractivity (Wildman–Crippen MR) is 26.9 cm³/mol. The molecule has 5 nitrogen and oxygen atoms in total. The van der Waals surface area contributed by atoms with E-state index in [9.17, 15) is 0 Å². The molecule has 0 radical (unpaired) electrons. The van der Waals surface area contributed by atoms with Crippen LogP contribution in [0.2, 0.25) is 0 Å². The molecule has 0 atom stereocenters. The Balaban J connectivity index is 3.34. The fourth-order valence-electron chi connectivity index (χ4n) is 0.406. The fraction of sp³-hybridized carbons (Fsp3) is 0. The van der Waals surface area contributed by atoms with E-state index in [4.69, 9.17) is 15.7 Å². The van der Waals surface area contributed by atoms with Crippen molar-refractivity contribution in [2.24, 2.45) is 0 Å². The van der Waals surface area contributed by atoms with Crippen LogP contribution in [0.5, 0.6) is 5.75 Å². The van der Waals surface area contributed by atoms with Gasteiger partial charge in [-0.15, -0.1) is 0 Å². The van der Waals surface area contributed by atoms with Crippen LogP contribution in [0.3, 0.4) is 0 Å². The average Bonchev–Trinajstić information content (AvgIpc) is 1.80. The van der Waals surface area contributed by atoms with Crippen molar-refractivity contribution in [1.82, 2.24) is 9.71 Å². The molecule has 3 N–H and O–H groups in total. The van der Waals surface area contributed by atoms with Crippen LogP contribution in [0.15, 0.2) is 12.4 Å². The molecular formula is C4H5N3O2. The Morgan fingerprint density at radius 1 is 1.67 bits per heavy atom. The molecule has 0 saturated carbocycles. The van der Waals surface area contributed by atoms with Gasteiger partial charge in [-0.3, -0.25) is 5.41 Å². The largest absolute Gasteiger partial charge is 0.505 e. The summed E-state index contributed by atoms with van der Waals surface area (Å²) in [6, 6.07) is 0. The van der Waals surface area contributed by atoms with Crippen LogP contribution >= 0.6 is 0 Å². The maximum absolute atomic E-state index is 8.61. The molecule has 1 aromatic rings. The van der Waals surface area contributed by atoms with Gasteiger partial charge in [-0.25, -0.2) is 4.98 Å². The third-order valence-electron chi connectivity index (χ3n) is 0.791. The first kappa shape index (κ1) is 5.61. The molecule has 1 heterocycles. The number of aromatic nitrogens is 2. The Bertz CT molecular complexity index is 267. The van der Waals surface area contributed by atoms with E-state index < -0.39 is 0 Å². The molecule has 1 rings (SSSR count). The first-order valence-corrected chi connectivity index (χ1v) is 2.21. The average molecular weight is 127 g/mol. The number of hydrogen-bond acceptors (Lipinski definition) is 4. The second kappa shape index (κ2) is 1.77. The quantitative estimate of drug-likeness (QED) is 0.403. The van der Waals surface area contributed by atoms with Crippen molar-refractivity contribution in [1.29, 1.82) is 5.41 Å². The van der Waals surface area contributed by atoms with Gasteiger partial charge < -0.3 is 10.3 Å². The lowest BCUT2D eigenvalue weighted by Gasteiger charge is -1.93. The van der Waals surface area contributed by atoms with Crippen molar-refractivity contribution in [3.63, 3.8) is 0 Å². The van der Waals surface area contributed by atoms with Crippen molar-refractivity contribution < 1.29 is 10.3 Å². The summed E-state index contributed by atoms with van der Waals surface area (Å²) >= 11 is 0. The van der Waals surface area contributed by atoms with Gasteiger partial charge in [0, 0.05) is 0 Å². The Morgan fingerprint density at radius 2 is 2.33 bits per heavy atom. The molecule has 0 unspecified atom stereocenters. The minimum Gasteiger partial charge on any atom is -0.505 e. The molecule has 0 amide bonds. The first-order chi connectivity index (χ1) is 4.20. The number of nitrogens with one attached hydrogen (secondary N) is 1. The highest BCUT2D eigenvalue weighted by Crippen LogP contribution is 1.97. The first-order valence-electron chi connectivity index (χ1n) is 2.21. The highest BCUT2D eigenvalue weighted by atomic mass is 16.5. The molecule has 0 fully saturated rings. The molecule has 0 aliphatic rings. The molecular weight excluding hydrogens is 122 g/mol. The maximum atomic E-state index is 8.61. The summed E-state index contributed by atoms with van der Waals surface area (Å²) in [6.45, 7) is 0. The molecule has 0 aliphatic heterocycles. The standard InChI is InChI=1S/C4H5N3O2/c5-4-6-1-3(8)2-7(4)9/h1-2,5,8-9H. The molecule has 9 heavy (non-hydrogen) atoms. The van der Waals surface area contributed by atoms with Crippen LogP contribution in [-0.2, 0) is 0 Å². The topological polar surface area (TPSA) is 82.1 Å². The minimum atomic E-state index is -0.312. The van der Waals surface area contributed by atoms with Crippen molar-refractivity contribution in [2.45, 2.75) is 0 Å². The number of hydrogen-bond donors (Lipinski definition) is 3. The van der Waals surface area contributed by atoms with Gasteiger partial charge in [0.25, 0.3) is 5.62 Å². The second-order valence-corrected chi connectivity index (χ2v) is 1.48. The highest BCUT2D eigenvalue weighted by Gasteiger charge is 1.89. The van der Waals surface area contributed by atoms with Crippen LogP contribution in [0.1, 0.15) is 0 Å². The van der Waals surface area contributed by atoms with E-state index >= 15 is 0 Å². The van der Waals surface area contributed by atoms with Gasteiger partial charge in [-0.2, -0.15) is 4.73 Å². The van der Waals surface area contributed by atoms with Crippen LogP contribution in [-0.4, -0.2) is 20.0 Å². The zero-order chi connectivity index (χ0) is 6.85. The molecule has 0 aromatic carbocycles. The van der Waals surface area contributed by atoms with E-state index in [1.807, 2.05) is 0 Å². The van der Waals surface area contributed by atoms with E-state index in [-0.39, 0.29) is 11.4 Å². The number of nitrogens with zero attached hydrogens (tertiary/aromatic N) is 2. The van der Waals surface area contributed by atoms with Crippen LogP contribution in [0, 0.1) is 5.41 Å². The monoisotopic (exact) mass is 127 g/mol. The highest BCUT2D eigenvalue weighted by molar-refractivity contribution is 5.06. The SMILES string of the molecule is N=c1ncc(O)cn1O. The zero-order valence-electron chi connectivity index (χ0n) is 4.44. The van der Waals surface area contributed by atoms with Crippen LogP contribution in [0.4, 0.5) is 0 Å². The third-order valence-corrected chi connectivity index (χ3v) is 0.791. The van der Waals surface area contributed by atoms with Gasteiger partial charge in [0.2, 0.25) is 0 Å². The summed E-state index contributed by atoms with van der Waals surface area (Å²) in [5.41, 5.74) is -0.312. The van der Waals surface area contributed by atoms with Crippen molar-refractivity contribution >= 4 is 0 Å². The smallest absolute Gasteiger partial charge is 0.255 e. The van der Waals surface area contributed by atoms with Gasteiger partial charge in [-0.05, 0) is 0 Å². The van der Waals surface area contributed by atoms with Gasteiger partial charge in [0.05, 0.1) is 12.4 Å². The lowest BCUT2D eigenvalue weighted by Crippen LogP contribution is -2.18. The van der Waals surface area contributed by atoms with Gasteiger partial charge in [0.1, 0.15) is 0 Å². The summed E-state index contributed by atoms with van der Waals surface area (Å²) in [5.74, 6) is -0.173. The minimum absolute atomic E-state index is 0.173. The summed E-state index contributed by atoms with van der Waals surface area (Å²) < 4.78 is 0.426. The summed E-state index contributed by atoms with van der Waals surface area (Å²) in [5, 5.41) is 24.0. The summed E-state index contributed by atoms with van der Waals surface area (Å²) in [6.07, 6.45) is 2.06. The summed E-state index contributed by atoms with van der Waals surface area (Å²) in [4.78, 5) is 3.31. The van der Waals surface area contributed by atoms with Crippen LogP contribution in [0.25, 0.3) is 0 Å². The van der Waals surface area contributed by atoms with Gasteiger partial charge in [-0.1, -0.05) is 0 Å². The fourth-order valence-corrected chi connectivity index (χ4v) is 0.406. The summed E-state index contributed by atoms with van der Waals surface area (Å²) in [7, 11) is 0. The molecule has 0 bridgehead atoms. The van der Waals surface area contributed by atoms with Crippen molar-refractivity contribution in [2.75, 3.05) is 0 Å². The molecule has 0 saturated heterocycles. The van der Waals surface area contributed by atoms with E-state index in [1.54, 1.807) is 0 Å². The Labute approximate surface area is 50.3 Å². The lowest BCUT2D eigenvalue weighted by atomic mass is 10.6. The lowest BCUT2D eigenvalue weighted by molar-refractivity contribution is 0.161. The second-order valence-electron chi connectivity index (χ2n) is 1.48. The zero-order valence-corrected chi connectivity index (χ0v) is 4.44. The van der Waals surface area contributed by atoms with Crippen LogP contribution < -0.4 is 5.62 Å². The van der Waals surface area contributed by atoms with E-state index in [1.165, 1.54) is 0 Å². The van der Waals surface area contributed by atoms with E-state index in [0.29, 0.717) is 4.73 Å². The molecule has 5 heteroatoms. The third kappa shape index (κ3) is 0.987.